The fourth-order valence-corrected chi connectivity index (χ4v) is 8.54. The van der Waals surface area contributed by atoms with Gasteiger partial charge in [-0.05, 0) is 98.9 Å². The predicted octanol–water partition coefficient (Wildman–Crippen LogP) is 6.87. The van der Waals surface area contributed by atoms with E-state index in [0.717, 1.165) is 39.6 Å². The van der Waals surface area contributed by atoms with Crippen LogP contribution in [-0.2, 0) is 4.74 Å². The first-order valence-corrected chi connectivity index (χ1v) is 13.7. The average Bonchev–Trinajstić information content (AvgIpc) is 3.21. The quantitative estimate of drug-likeness (QED) is 0.333. The SMILES string of the molecule is CCOC(=O)c1cc(-c2ccccc2)sc1NC(=S)NC(CC)C12CC3CC(CC(C3)C1)C2. The largest absolute Gasteiger partial charge is 0.462 e. The Morgan fingerprint density at radius 3 is 2.33 bits per heavy atom. The highest BCUT2D eigenvalue weighted by molar-refractivity contribution is 7.80. The van der Waals surface area contributed by atoms with Crippen LogP contribution >= 0.6 is 23.6 Å². The molecule has 4 aliphatic carbocycles. The number of hydrogen-bond donors (Lipinski definition) is 2. The van der Waals surface area contributed by atoms with Crippen LogP contribution in [0, 0.1) is 23.2 Å². The summed E-state index contributed by atoms with van der Waals surface area (Å²) in [5, 5.41) is 8.44. The first-order chi connectivity index (χ1) is 16.0. The lowest BCUT2D eigenvalue weighted by molar-refractivity contribution is -0.0710. The van der Waals surface area contributed by atoms with E-state index in [1.165, 1.54) is 38.5 Å². The smallest absolute Gasteiger partial charge is 0.341 e. The van der Waals surface area contributed by atoms with Crippen molar-refractivity contribution in [2.75, 3.05) is 11.9 Å². The van der Waals surface area contributed by atoms with Crippen molar-refractivity contribution in [1.82, 2.24) is 5.32 Å². The van der Waals surface area contributed by atoms with Crippen LogP contribution in [0.3, 0.4) is 0 Å². The molecule has 1 unspecified atom stereocenters. The van der Waals surface area contributed by atoms with Crippen LogP contribution < -0.4 is 10.6 Å². The Morgan fingerprint density at radius 2 is 1.76 bits per heavy atom. The molecule has 2 N–H and O–H groups in total. The molecule has 0 radical (unpaired) electrons. The van der Waals surface area contributed by atoms with Gasteiger partial charge in [-0.15, -0.1) is 11.3 Å². The molecule has 6 heteroatoms. The maximum atomic E-state index is 12.7. The number of anilines is 1. The molecule has 1 heterocycles. The van der Waals surface area contributed by atoms with E-state index in [1.807, 2.05) is 31.2 Å². The van der Waals surface area contributed by atoms with E-state index in [1.54, 1.807) is 11.3 Å². The van der Waals surface area contributed by atoms with Gasteiger partial charge in [-0.2, -0.15) is 0 Å². The highest BCUT2D eigenvalue weighted by Gasteiger charge is 2.53. The molecule has 4 bridgehead atoms. The zero-order chi connectivity index (χ0) is 23.0. The van der Waals surface area contributed by atoms with Crippen LogP contribution in [0.25, 0.3) is 10.4 Å². The minimum atomic E-state index is -0.311. The topological polar surface area (TPSA) is 50.4 Å². The summed E-state index contributed by atoms with van der Waals surface area (Å²) in [6, 6.07) is 12.4. The molecule has 4 aliphatic rings. The summed E-state index contributed by atoms with van der Waals surface area (Å²) >= 11 is 7.35. The van der Waals surface area contributed by atoms with E-state index < -0.39 is 0 Å². The standard InChI is InChI=1S/C27H34N2O2S2/c1-3-23(27-14-17-10-18(15-27)12-19(11-17)16-27)28-26(32)29-24-21(25(30)31-4-2)13-22(33-24)20-8-6-5-7-9-20/h5-9,13,17-19,23H,3-4,10-12,14-16H2,1-2H3,(H2,28,29,32). The number of rotatable bonds is 7. The molecule has 0 saturated heterocycles. The van der Waals surface area contributed by atoms with Gasteiger partial charge in [0.25, 0.3) is 0 Å². The normalized spacial score (nSPS) is 28.4. The number of hydrogen-bond acceptors (Lipinski definition) is 4. The van der Waals surface area contributed by atoms with Crippen LogP contribution in [0.2, 0.25) is 0 Å². The number of benzene rings is 1. The molecule has 4 saturated carbocycles. The van der Waals surface area contributed by atoms with Gasteiger partial charge in [-0.25, -0.2) is 4.79 Å². The Bertz CT molecular complexity index is 981. The number of ether oxygens (including phenoxy) is 1. The number of thiophene rings is 1. The summed E-state index contributed by atoms with van der Waals surface area (Å²) < 4.78 is 5.33. The molecular weight excluding hydrogens is 448 g/mol. The number of thiocarbonyl (C=S) groups is 1. The van der Waals surface area contributed by atoms with E-state index in [-0.39, 0.29) is 5.97 Å². The summed E-state index contributed by atoms with van der Waals surface area (Å²) in [5.74, 6) is 2.42. The maximum absolute atomic E-state index is 12.7. The van der Waals surface area contributed by atoms with Crippen LogP contribution in [0.15, 0.2) is 36.4 Å². The summed E-state index contributed by atoms with van der Waals surface area (Å²) in [7, 11) is 0. The van der Waals surface area contributed by atoms with Gasteiger partial charge in [0, 0.05) is 10.9 Å². The van der Waals surface area contributed by atoms with Gasteiger partial charge in [-0.1, -0.05) is 37.3 Å². The molecule has 0 amide bonds. The minimum absolute atomic E-state index is 0.311. The van der Waals surface area contributed by atoms with E-state index in [0.29, 0.717) is 28.7 Å². The Morgan fingerprint density at radius 1 is 1.12 bits per heavy atom. The summed E-state index contributed by atoms with van der Waals surface area (Å²) in [5.41, 5.74) is 2.01. The third-order valence-electron chi connectivity index (χ3n) is 8.05. The fraction of sp³-hybridized carbons (Fsp3) is 0.556. The number of nitrogens with one attached hydrogen (secondary N) is 2. The minimum Gasteiger partial charge on any atom is -0.462 e. The maximum Gasteiger partial charge on any atom is 0.341 e. The average molecular weight is 483 g/mol. The van der Waals surface area contributed by atoms with Crippen LogP contribution in [0.1, 0.15) is 69.2 Å². The lowest BCUT2D eigenvalue weighted by Gasteiger charge is -2.59. The highest BCUT2D eigenvalue weighted by atomic mass is 32.1. The molecule has 1 atom stereocenters. The molecule has 0 aliphatic heterocycles. The second-order valence-corrected chi connectivity index (χ2v) is 11.7. The van der Waals surface area contributed by atoms with E-state index in [4.69, 9.17) is 17.0 Å². The highest BCUT2D eigenvalue weighted by Crippen LogP contribution is 2.61. The Balaban J connectivity index is 1.34. The van der Waals surface area contributed by atoms with Gasteiger partial charge >= 0.3 is 5.97 Å². The number of carbonyl (C=O) groups is 1. The number of carbonyl (C=O) groups excluding carboxylic acids is 1. The molecule has 1 aromatic carbocycles. The lowest BCUT2D eigenvalue weighted by Crippen LogP contribution is -2.57. The molecule has 2 aromatic rings. The third-order valence-corrected chi connectivity index (χ3v) is 9.37. The summed E-state index contributed by atoms with van der Waals surface area (Å²) in [6.45, 7) is 4.46. The first kappa shape index (κ1) is 22.9. The van der Waals surface area contributed by atoms with Gasteiger partial charge in [0.1, 0.15) is 5.00 Å². The predicted molar refractivity (Wildman–Crippen MR) is 140 cm³/mol. The van der Waals surface area contributed by atoms with Crippen LogP contribution in [0.4, 0.5) is 5.00 Å². The zero-order valence-corrected chi connectivity index (χ0v) is 21.2. The summed E-state index contributed by atoms with van der Waals surface area (Å²) in [4.78, 5) is 13.7. The molecule has 176 valence electrons. The molecule has 6 rings (SSSR count). The molecule has 4 nitrogen and oxygen atoms in total. The van der Waals surface area contributed by atoms with Gasteiger partial charge in [0.05, 0.1) is 12.2 Å². The van der Waals surface area contributed by atoms with Crippen molar-refractivity contribution >= 4 is 39.6 Å². The summed E-state index contributed by atoms with van der Waals surface area (Å²) in [6.07, 6.45) is 9.43. The molecular formula is C27H34N2O2S2. The Hall–Kier alpha value is -1.92. The van der Waals surface area contributed by atoms with Gasteiger partial charge in [0.15, 0.2) is 5.11 Å². The lowest BCUT2D eigenvalue weighted by atomic mass is 9.47. The van der Waals surface area contributed by atoms with Gasteiger partial charge < -0.3 is 15.4 Å². The zero-order valence-electron chi connectivity index (χ0n) is 19.6. The van der Waals surface area contributed by atoms with Gasteiger partial charge in [-0.3, -0.25) is 0 Å². The van der Waals surface area contributed by atoms with Crippen LogP contribution in [-0.4, -0.2) is 23.7 Å². The molecule has 33 heavy (non-hydrogen) atoms. The van der Waals surface area contributed by atoms with Crippen molar-refractivity contribution < 1.29 is 9.53 Å². The van der Waals surface area contributed by atoms with Gasteiger partial charge in [0.2, 0.25) is 0 Å². The molecule has 4 fully saturated rings. The Kier molecular flexibility index (Phi) is 6.49. The monoisotopic (exact) mass is 482 g/mol. The van der Waals surface area contributed by atoms with Crippen molar-refractivity contribution in [3.05, 3.63) is 42.0 Å². The van der Waals surface area contributed by atoms with Crippen molar-refractivity contribution in [2.45, 2.75) is 64.8 Å². The first-order valence-electron chi connectivity index (χ1n) is 12.4. The second kappa shape index (κ2) is 9.38. The van der Waals surface area contributed by atoms with Crippen molar-refractivity contribution in [3.8, 4) is 10.4 Å². The van der Waals surface area contributed by atoms with E-state index >= 15 is 0 Å². The Labute approximate surface area is 206 Å². The molecule has 0 spiro atoms. The van der Waals surface area contributed by atoms with E-state index in [2.05, 4.69) is 29.7 Å². The fourth-order valence-electron chi connectivity index (χ4n) is 7.18. The number of esters is 1. The third kappa shape index (κ3) is 4.57. The van der Waals surface area contributed by atoms with E-state index in [9.17, 15) is 4.79 Å². The second-order valence-electron chi connectivity index (χ2n) is 10.3. The van der Waals surface area contributed by atoms with Crippen molar-refractivity contribution in [3.63, 3.8) is 0 Å². The van der Waals surface area contributed by atoms with Crippen LogP contribution in [0.5, 0.6) is 0 Å². The van der Waals surface area contributed by atoms with Crippen molar-refractivity contribution in [1.29, 1.82) is 0 Å². The molecule has 1 aromatic heterocycles. The van der Waals surface area contributed by atoms with Crippen molar-refractivity contribution in [2.24, 2.45) is 23.2 Å².